The lowest BCUT2D eigenvalue weighted by molar-refractivity contribution is -0.122. The molecule has 154 valence electrons. The molecule has 8 nitrogen and oxygen atoms in total. The number of nitrogens with one attached hydrogen (secondary N) is 1. The van der Waals surface area contributed by atoms with Crippen LogP contribution < -0.4 is 10.2 Å². The Hall–Kier alpha value is -3.57. The Labute approximate surface area is 174 Å². The monoisotopic (exact) mass is 405 g/mol. The zero-order valence-electron chi connectivity index (χ0n) is 16.8. The Bertz CT molecular complexity index is 1040. The van der Waals surface area contributed by atoms with Crippen LogP contribution >= 0.6 is 0 Å². The highest BCUT2D eigenvalue weighted by atomic mass is 16.4. The number of aryl methyl sites for hydroxylation is 1. The lowest BCUT2D eigenvalue weighted by atomic mass is 10.1. The third-order valence-corrected chi connectivity index (χ3v) is 5.21. The number of amides is 1. The van der Waals surface area contributed by atoms with Crippen LogP contribution in [0.15, 0.2) is 51.5 Å². The minimum atomic E-state index is 0.00388. The number of carbonyl (C=O) groups is 1. The quantitative estimate of drug-likeness (QED) is 0.673. The minimum Gasteiger partial charge on any atom is -0.459 e. The Morgan fingerprint density at radius 1 is 1.20 bits per heavy atom. The average Bonchev–Trinajstić information content (AvgIpc) is 3.43. The summed E-state index contributed by atoms with van der Waals surface area (Å²) in [7, 11) is 0. The molecule has 4 rings (SSSR count). The maximum absolute atomic E-state index is 12.3. The van der Waals surface area contributed by atoms with Gasteiger partial charge < -0.3 is 19.1 Å². The van der Waals surface area contributed by atoms with Crippen molar-refractivity contribution >= 4 is 11.8 Å². The highest BCUT2D eigenvalue weighted by Gasteiger charge is 2.26. The summed E-state index contributed by atoms with van der Waals surface area (Å²) in [5.74, 6) is 1.24. The lowest BCUT2D eigenvalue weighted by Crippen LogP contribution is -2.49. The van der Waals surface area contributed by atoms with Crippen LogP contribution in [-0.4, -0.2) is 48.5 Å². The van der Waals surface area contributed by atoms with Crippen LogP contribution in [0.4, 0.5) is 5.88 Å². The van der Waals surface area contributed by atoms with Crippen LogP contribution in [0, 0.1) is 18.3 Å². The summed E-state index contributed by atoms with van der Waals surface area (Å²) in [6, 6.07) is 13.6. The number of piperazine rings is 1. The largest absolute Gasteiger partial charge is 0.459 e. The summed E-state index contributed by atoms with van der Waals surface area (Å²) < 4.78 is 11.1. The molecular weight excluding hydrogens is 382 g/mol. The second kappa shape index (κ2) is 8.84. The number of hydrogen-bond acceptors (Lipinski definition) is 7. The maximum atomic E-state index is 12.3. The van der Waals surface area contributed by atoms with E-state index in [0.717, 1.165) is 5.56 Å². The van der Waals surface area contributed by atoms with Crippen LogP contribution in [0.3, 0.4) is 0 Å². The molecule has 1 aliphatic heterocycles. The topological polar surface area (TPSA) is 98.5 Å². The number of furan rings is 1. The van der Waals surface area contributed by atoms with Gasteiger partial charge in [-0.25, -0.2) is 0 Å². The molecule has 1 saturated heterocycles. The van der Waals surface area contributed by atoms with Crippen molar-refractivity contribution < 1.29 is 13.6 Å². The standard InChI is InChI=1S/C22H23N5O3/c1-16-5-2-3-6-17(16)14-24-20(28)15-26-8-10-27(11-9-26)22-18(13-23)25-21(30-22)19-7-4-12-29-19/h2-7,12H,8-11,14-15H2,1H3,(H,24,28). The highest BCUT2D eigenvalue weighted by molar-refractivity contribution is 5.78. The normalized spacial score (nSPS) is 14.5. The first-order chi connectivity index (χ1) is 14.6. The molecule has 2 aromatic heterocycles. The molecule has 1 amide bonds. The van der Waals surface area contributed by atoms with E-state index in [1.165, 1.54) is 11.8 Å². The molecule has 30 heavy (non-hydrogen) atoms. The lowest BCUT2D eigenvalue weighted by Gasteiger charge is -2.34. The van der Waals surface area contributed by atoms with E-state index >= 15 is 0 Å². The number of hydrogen-bond donors (Lipinski definition) is 1. The molecule has 0 atom stereocenters. The molecule has 1 fully saturated rings. The van der Waals surface area contributed by atoms with E-state index in [-0.39, 0.29) is 11.6 Å². The van der Waals surface area contributed by atoms with E-state index in [2.05, 4.69) is 21.3 Å². The van der Waals surface area contributed by atoms with Gasteiger partial charge in [-0.2, -0.15) is 10.2 Å². The summed E-state index contributed by atoms with van der Waals surface area (Å²) in [6.45, 7) is 5.60. The molecule has 0 spiro atoms. The van der Waals surface area contributed by atoms with Gasteiger partial charge in [-0.05, 0) is 30.2 Å². The smallest absolute Gasteiger partial charge is 0.266 e. The van der Waals surface area contributed by atoms with Crippen molar-refractivity contribution in [3.05, 3.63) is 59.5 Å². The number of nitriles is 1. The third-order valence-electron chi connectivity index (χ3n) is 5.21. The first-order valence-corrected chi connectivity index (χ1v) is 9.87. The predicted molar refractivity (Wildman–Crippen MR) is 111 cm³/mol. The Kier molecular flexibility index (Phi) is 5.82. The molecule has 1 N–H and O–H groups in total. The zero-order valence-corrected chi connectivity index (χ0v) is 16.8. The van der Waals surface area contributed by atoms with Gasteiger partial charge >= 0.3 is 0 Å². The molecule has 8 heteroatoms. The SMILES string of the molecule is Cc1ccccc1CNC(=O)CN1CCN(c2oc(-c3ccco3)nc2C#N)CC1. The average molecular weight is 405 g/mol. The molecule has 1 aromatic carbocycles. The molecule has 3 heterocycles. The van der Waals surface area contributed by atoms with Crippen molar-refractivity contribution in [3.63, 3.8) is 0 Å². The number of rotatable bonds is 6. The van der Waals surface area contributed by atoms with Crippen LogP contribution in [0.5, 0.6) is 0 Å². The van der Waals surface area contributed by atoms with Crippen molar-refractivity contribution in [2.45, 2.75) is 13.5 Å². The molecule has 0 unspecified atom stereocenters. The van der Waals surface area contributed by atoms with Gasteiger partial charge in [0.05, 0.1) is 12.8 Å². The molecule has 3 aromatic rings. The number of oxazole rings is 1. The fourth-order valence-corrected chi connectivity index (χ4v) is 3.48. The van der Waals surface area contributed by atoms with Gasteiger partial charge in [-0.15, -0.1) is 0 Å². The fraction of sp³-hybridized carbons (Fsp3) is 0.318. The maximum Gasteiger partial charge on any atom is 0.266 e. The van der Waals surface area contributed by atoms with Crippen LogP contribution in [0.25, 0.3) is 11.7 Å². The predicted octanol–water partition coefficient (Wildman–Crippen LogP) is 2.55. The van der Waals surface area contributed by atoms with E-state index < -0.39 is 0 Å². The Morgan fingerprint density at radius 2 is 2.00 bits per heavy atom. The van der Waals surface area contributed by atoms with Crippen molar-refractivity contribution in [1.82, 2.24) is 15.2 Å². The van der Waals surface area contributed by atoms with Crippen LogP contribution in [-0.2, 0) is 11.3 Å². The zero-order chi connectivity index (χ0) is 20.9. The molecule has 1 aliphatic rings. The molecule has 0 radical (unpaired) electrons. The first kappa shape index (κ1) is 19.7. The summed E-state index contributed by atoms with van der Waals surface area (Å²) in [6.07, 6.45) is 1.54. The number of carbonyl (C=O) groups excluding carboxylic acids is 1. The van der Waals surface area contributed by atoms with E-state index in [1.54, 1.807) is 12.1 Å². The van der Waals surface area contributed by atoms with Gasteiger partial charge in [0.15, 0.2) is 5.76 Å². The van der Waals surface area contributed by atoms with Gasteiger partial charge in [-0.3, -0.25) is 9.69 Å². The van der Waals surface area contributed by atoms with Crippen LogP contribution in [0.2, 0.25) is 0 Å². The Morgan fingerprint density at radius 3 is 2.70 bits per heavy atom. The molecular formula is C22H23N5O3. The number of nitrogens with zero attached hydrogens (tertiary/aromatic N) is 4. The molecule has 0 saturated carbocycles. The van der Waals surface area contributed by atoms with Crippen molar-refractivity contribution in [1.29, 1.82) is 5.26 Å². The van der Waals surface area contributed by atoms with Crippen LogP contribution in [0.1, 0.15) is 16.8 Å². The number of aromatic nitrogens is 1. The van der Waals surface area contributed by atoms with E-state index in [0.29, 0.717) is 56.8 Å². The van der Waals surface area contributed by atoms with E-state index in [1.807, 2.05) is 36.1 Å². The number of benzene rings is 1. The van der Waals surface area contributed by atoms with Gasteiger partial charge in [0.25, 0.3) is 5.89 Å². The van der Waals surface area contributed by atoms with Crippen molar-refractivity contribution in [3.8, 4) is 17.7 Å². The fourth-order valence-electron chi connectivity index (χ4n) is 3.48. The minimum absolute atomic E-state index is 0.00388. The van der Waals surface area contributed by atoms with E-state index in [4.69, 9.17) is 8.83 Å². The van der Waals surface area contributed by atoms with Crippen molar-refractivity contribution in [2.24, 2.45) is 0 Å². The van der Waals surface area contributed by atoms with E-state index in [9.17, 15) is 10.1 Å². The van der Waals surface area contributed by atoms with Crippen molar-refractivity contribution in [2.75, 3.05) is 37.6 Å². The summed E-state index contributed by atoms with van der Waals surface area (Å²) >= 11 is 0. The molecule has 0 bridgehead atoms. The Balaban J connectivity index is 1.30. The summed E-state index contributed by atoms with van der Waals surface area (Å²) in [4.78, 5) is 20.6. The third kappa shape index (κ3) is 4.36. The second-order valence-corrected chi connectivity index (χ2v) is 7.23. The number of anilines is 1. The first-order valence-electron chi connectivity index (χ1n) is 9.87. The van der Waals surface area contributed by atoms with Gasteiger partial charge in [-0.1, -0.05) is 24.3 Å². The summed E-state index contributed by atoms with van der Waals surface area (Å²) in [5, 5.41) is 12.4. The molecule has 0 aliphatic carbocycles. The summed E-state index contributed by atoms with van der Waals surface area (Å²) in [5.41, 5.74) is 2.53. The van der Waals surface area contributed by atoms with Gasteiger partial charge in [0.1, 0.15) is 6.07 Å². The van der Waals surface area contributed by atoms with Gasteiger partial charge in [0.2, 0.25) is 17.5 Å². The highest BCUT2D eigenvalue weighted by Crippen LogP contribution is 2.29. The van der Waals surface area contributed by atoms with Gasteiger partial charge in [0, 0.05) is 32.7 Å². The second-order valence-electron chi connectivity index (χ2n) is 7.23.